The van der Waals surface area contributed by atoms with Crippen LogP contribution in [0.2, 0.25) is 0 Å². The van der Waals surface area contributed by atoms with E-state index in [0.29, 0.717) is 20.0 Å². The van der Waals surface area contributed by atoms with Crippen LogP contribution < -0.4 is 16.5 Å². The molecule has 1 heterocycles. The molecule has 10 nitrogen and oxygen atoms in total. The van der Waals surface area contributed by atoms with Gasteiger partial charge >= 0.3 is 0 Å². The Bertz CT molecular complexity index is 169. The molecule has 1 saturated heterocycles. The standard InChI is InChI=1S/C5H16N6O4/c1-14-6-8-3-9(7-15-2)5-10(4-8)11(12)13/h6-7,12-13H,3-5H2,1-2H3/p+2. The van der Waals surface area contributed by atoms with Crippen LogP contribution in [0.5, 0.6) is 0 Å². The fourth-order valence-corrected chi connectivity index (χ4v) is 1.31. The summed E-state index contributed by atoms with van der Waals surface area (Å²) in [6.45, 7) is 1.13. The van der Waals surface area contributed by atoms with Gasteiger partial charge in [-0.3, -0.25) is 4.84 Å². The van der Waals surface area contributed by atoms with Crippen molar-refractivity contribution in [3.05, 3.63) is 0 Å². The zero-order valence-corrected chi connectivity index (χ0v) is 8.75. The summed E-state index contributed by atoms with van der Waals surface area (Å²) in [5.41, 5.74) is 4.08. The number of hydrazine groups is 1. The molecule has 0 aromatic heterocycles. The molecule has 0 radical (unpaired) electrons. The summed E-state index contributed by atoms with van der Waals surface area (Å²) in [5, 5.41) is 21.9. The summed E-state index contributed by atoms with van der Waals surface area (Å²) in [5.74, 6) is 0. The molecule has 1 aliphatic heterocycles. The lowest BCUT2D eigenvalue weighted by atomic mass is 10.7. The van der Waals surface area contributed by atoms with Crippen molar-refractivity contribution in [1.82, 2.24) is 20.6 Å². The van der Waals surface area contributed by atoms with Crippen molar-refractivity contribution in [2.75, 3.05) is 34.2 Å². The largest absolute Gasteiger partial charge is 0.290 e. The number of hydrogen-bond acceptors (Lipinski definition) is 8. The first-order chi connectivity index (χ1) is 7.17. The number of nitrogens with two attached hydrogens (primary N) is 1. The molecule has 0 bridgehead atoms. The third-order valence-corrected chi connectivity index (χ3v) is 1.80. The fraction of sp³-hybridized carbons (Fsp3) is 1.00. The minimum Gasteiger partial charge on any atom is -0.290 e. The lowest BCUT2D eigenvalue weighted by Crippen LogP contribution is -3.16. The lowest BCUT2D eigenvalue weighted by molar-refractivity contribution is -1.32. The summed E-state index contributed by atoms with van der Waals surface area (Å²) >= 11 is 0. The lowest BCUT2D eigenvalue weighted by Gasteiger charge is -2.35. The van der Waals surface area contributed by atoms with Gasteiger partial charge in [0.2, 0.25) is 0 Å². The molecular formula is C5H18N6O4+2. The molecule has 10 heteroatoms. The van der Waals surface area contributed by atoms with Crippen molar-refractivity contribution < 1.29 is 31.0 Å². The van der Waals surface area contributed by atoms with Crippen molar-refractivity contribution in [3.63, 3.8) is 0 Å². The average Bonchev–Trinajstić information content (AvgIpc) is 2.18. The maximum absolute atomic E-state index is 8.97. The Balaban J connectivity index is 2.48. The molecule has 0 spiro atoms. The van der Waals surface area contributed by atoms with E-state index in [1.54, 1.807) is 10.0 Å². The number of hydrogen-bond donors (Lipinski definition) is 5. The quantitative estimate of drug-likeness (QED) is 0.236. The number of rotatable bonds is 5. The Hall–Kier alpha value is -0.400. The second-order valence-electron chi connectivity index (χ2n) is 3.03. The van der Waals surface area contributed by atoms with E-state index >= 15 is 0 Å². The van der Waals surface area contributed by atoms with Gasteiger partial charge in [-0.1, -0.05) is 10.0 Å². The van der Waals surface area contributed by atoms with Gasteiger partial charge in [-0.25, -0.2) is 0 Å². The van der Waals surface area contributed by atoms with Gasteiger partial charge in [0.25, 0.3) is 0 Å². The zero-order chi connectivity index (χ0) is 11.3. The summed E-state index contributed by atoms with van der Waals surface area (Å²) in [4.78, 5) is 9.57. The van der Waals surface area contributed by atoms with Gasteiger partial charge in [0.1, 0.15) is 13.3 Å². The Morgan fingerprint density at radius 3 is 2.53 bits per heavy atom. The molecule has 6 N–H and O–H groups in total. The molecule has 90 valence electrons. The molecule has 1 aliphatic rings. The average molecular weight is 226 g/mol. The van der Waals surface area contributed by atoms with Crippen LogP contribution in [0.3, 0.4) is 0 Å². The van der Waals surface area contributed by atoms with Crippen LogP contribution in [0.15, 0.2) is 0 Å². The maximum atomic E-state index is 8.97. The Labute approximate surface area is 86.9 Å². The summed E-state index contributed by atoms with van der Waals surface area (Å²) in [6.07, 6.45) is 0. The summed E-state index contributed by atoms with van der Waals surface area (Å²) < 4.78 is 0. The van der Waals surface area contributed by atoms with Crippen LogP contribution in [0.25, 0.3) is 0 Å². The van der Waals surface area contributed by atoms with Gasteiger partial charge in [-0.2, -0.15) is 20.3 Å². The SMILES string of the molecule is CONN1CN([NH2+]OC)CN([NH+](O)O)C1. The second kappa shape index (κ2) is 6.24. The topological polar surface area (TPSA) is 102 Å². The molecule has 1 rings (SSSR count). The normalized spacial score (nSPS) is 21.4. The van der Waals surface area contributed by atoms with Crippen LogP contribution in [0.1, 0.15) is 0 Å². The number of quaternary nitrogens is 2. The molecule has 0 saturated carbocycles. The first-order valence-corrected chi connectivity index (χ1v) is 4.31. The predicted octanol–water partition coefficient (Wildman–Crippen LogP) is -4.54. The molecule has 0 unspecified atom stereocenters. The highest BCUT2D eigenvalue weighted by Gasteiger charge is 2.32. The third-order valence-electron chi connectivity index (χ3n) is 1.80. The molecule has 0 aromatic rings. The van der Waals surface area contributed by atoms with Gasteiger partial charge in [-0.15, -0.1) is 11.2 Å². The fourth-order valence-electron chi connectivity index (χ4n) is 1.31. The minimum atomic E-state index is -0.743. The molecular weight excluding hydrogens is 208 g/mol. The monoisotopic (exact) mass is 226 g/mol. The molecule has 0 amide bonds. The van der Waals surface area contributed by atoms with Crippen LogP contribution >= 0.6 is 0 Å². The van der Waals surface area contributed by atoms with Gasteiger partial charge < -0.3 is 0 Å². The highest BCUT2D eigenvalue weighted by Crippen LogP contribution is 1.94. The van der Waals surface area contributed by atoms with E-state index in [9.17, 15) is 0 Å². The minimum absolute atomic E-state index is 0.296. The molecule has 0 aromatic carbocycles. The van der Waals surface area contributed by atoms with Gasteiger partial charge in [0.05, 0.1) is 14.2 Å². The van der Waals surface area contributed by atoms with Crippen molar-refractivity contribution in [2.45, 2.75) is 0 Å². The van der Waals surface area contributed by atoms with E-state index < -0.39 is 5.34 Å². The smallest absolute Gasteiger partial charge is 0.159 e. The van der Waals surface area contributed by atoms with Crippen LogP contribution in [0, 0.1) is 0 Å². The molecule has 0 atom stereocenters. The highest BCUT2D eigenvalue weighted by molar-refractivity contribution is 4.49. The maximum Gasteiger partial charge on any atom is 0.159 e. The summed E-state index contributed by atoms with van der Waals surface area (Å²) in [6, 6.07) is 0. The van der Waals surface area contributed by atoms with Crippen molar-refractivity contribution in [2.24, 2.45) is 0 Å². The Morgan fingerprint density at radius 1 is 1.27 bits per heavy atom. The van der Waals surface area contributed by atoms with Gasteiger partial charge in [0, 0.05) is 5.34 Å². The molecule has 1 fully saturated rings. The van der Waals surface area contributed by atoms with Crippen LogP contribution in [0.4, 0.5) is 0 Å². The van der Waals surface area contributed by atoms with E-state index in [1.807, 2.05) is 0 Å². The zero-order valence-electron chi connectivity index (χ0n) is 8.75. The van der Waals surface area contributed by atoms with E-state index in [-0.39, 0.29) is 0 Å². The van der Waals surface area contributed by atoms with E-state index in [4.69, 9.17) is 20.1 Å². The number of nitrogens with one attached hydrogen (secondary N) is 2. The molecule has 0 aliphatic carbocycles. The van der Waals surface area contributed by atoms with Crippen molar-refractivity contribution >= 4 is 0 Å². The van der Waals surface area contributed by atoms with Crippen molar-refractivity contribution in [1.29, 1.82) is 0 Å². The van der Waals surface area contributed by atoms with Crippen LogP contribution in [-0.2, 0) is 9.68 Å². The van der Waals surface area contributed by atoms with Crippen molar-refractivity contribution in [3.8, 4) is 0 Å². The van der Waals surface area contributed by atoms with Gasteiger partial charge in [-0.05, 0) is 0 Å². The number of nitrogens with zero attached hydrogens (tertiary/aromatic N) is 3. The first-order valence-electron chi connectivity index (χ1n) is 4.31. The van der Waals surface area contributed by atoms with E-state index in [2.05, 4.69) is 5.59 Å². The predicted molar refractivity (Wildman–Crippen MR) is 43.7 cm³/mol. The highest BCUT2D eigenvalue weighted by atomic mass is 16.8. The summed E-state index contributed by atoms with van der Waals surface area (Å²) in [7, 11) is 3.00. The Morgan fingerprint density at radius 2 is 2.00 bits per heavy atom. The Kier molecular flexibility index (Phi) is 5.27. The first kappa shape index (κ1) is 12.7. The van der Waals surface area contributed by atoms with Crippen LogP contribution in [-0.4, -0.2) is 59.7 Å². The van der Waals surface area contributed by atoms with Gasteiger partial charge in [0.15, 0.2) is 6.67 Å². The third kappa shape index (κ3) is 3.92. The molecule has 15 heavy (non-hydrogen) atoms. The van der Waals surface area contributed by atoms with E-state index in [0.717, 1.165) is 0 Å². The van der Waals surface area contributed by atoms with E-state index in [1.165, 1.54) is 24.8 Å². The second-order valence-corrected chi connectivity index (χ2v) is 3.03.